The first-order valence-corrected chi connectivity index (χ1v) is 5.61. The van der Waals surface area contributed by atoms with Crippen LogP contribution in [0.4, 0.5) is 0 Å². The van der Waals surface area contributed by atoms with Gasteiger partial charge in [-0.1, -0.05) is 0 Å². The van der Waals surface area contributed by atoms with E-state index in [0.29, 0.717) is 11.5 Å². The number of rotatable bonds is 5. The van der Waals surface area contributed by atoms with Crippen LogP contribution in [0.1, 0.15) is 18.5 Å². The summed E-state index contributed by atoms with van der Waals surface area (Å²) >= 11 is 0. The molecule has 1 N–H and O–H groups in total. The van der Waals surface area contributed by atoms with Gasteiger partial charge in [-0.15, -0.1) is 0 Å². The van der Waals surface area contributed by atoms with E-state index in [0.717, 1.165) is 5.56 Å². The fraction of sp³-hybridized carbons (Fsp3) is 0.462. The molecular weight excluding hydrogens is 234 g/mol. The highest BCUT2D eigenvalue weighted by molar-refractivity contribution is 5.73. The predicted octanol–water partition coefficient (Wildman–Crippen LogP) is 1.22. The van der Waals surface area contributed by atoms with Gasteiger partial charge in [-0.25, -0.2) is 0 Å². The monoisotopic (exact) mass is 253 g/mol. The van der Waals surface area contributed by atoms with Gasteiger partial charge in [0.05, 0.1) is 26.9 Å². The van der Waals surface area contributed by atoms with Crippen LogP contribution in [-0.4, -0.2) is 43.8 Å². The average Bonchev–Trinajstić information content (AvgIpc) is 2.39. The summed E-state index contributed by atoms with van der Waals surface area (Å²) < 4.78 is 10.4. The summed E-state index contributed by atoms with van der Waals surface area (Å²) in [7, 11) is 4.76. The first-order chi connectivity index (χ1) is 8.54. The average molecular weight is 253 g/mol. The molecule has 0 saturated carbocycles. The van der Waals surface area contributed by atoms with Crippen LogP contribution in [0.5, 0.6) is 11.5 Å². The molecule has 0 aliphatic rings. The predicted molar refractivity (Wildman–Crippen MR) is 67.8 cm³/mol. The van der Waals surface area contributed by atoms with E-state index in [2.05, 4.69) is 0 Å². The second-order valence-electron chi connectivity index (χ2n) is 3.94. The molecule has 0 radical (unpaired) electrons. The zero-order chi connectivity index (χ0) is 13.7. The van der Waals surface area contributed by atoms with E-state index in [1.165, 1.54) is 11.8 Å². The van der Waals surface area contributed by atoms with E-state index in [4.69, 9.17) is 9.47 Å². The Morgan fingerprint density at radius 2 is 2.06 bits per heavy atom. The van der Waals surface area contributed by atoms with Crippen molar-refractivity contribution in [3.8, 4) is 11.5 Å². The summed E-state index contributed by atoms with van der Waals surface area (Å²) in [4.78, 5) is 12.9. The summed E-state index contributed by atoms with van der Waals surface area (Å²) in [6, 6.07) is 4.86. The van der Waals surface area contributed by atoms with Gasteiger partial charge in [0.15, 0.2) is 0 Å². The van der Waals surface area contributed by atoms with Gasteiger partial charge in [-0.05, 0) is 12.1 Å². The Balaban J connectivity index is 3.16. The van der Waals surface area contributed by atoms with Gasteiger partial charge < -0.3 is 19.5 Å². The van der Waals surface area contributed by atoms with Crippen LogP contribution in [0.3, 0.4) is 0 Å². The summed E-state index contributed by atoms with van der Waals surface area (Å²) in [6.45, 7) is 1.29. The number of hydrogen-bond donors (Lipinski definition) is 1. The molecule has 5 nitrogen and oxygen atoms in total. The largest absolute Gasteiger partial charge is 0.497 e. The number of aliphatic hydroxyl groups is 1. The number of amides is 1. The van der Waals surface area contributed by atoms with Crippen LogP contribution in [0.2, 0.25) is 0 Å². The van der Waals surface area contributed by atoms with Crippen molar-refractivity contribution in [3.05, 3.63) is 23.8 Å². The smallest absolute Gasteiger partial charge is 0.219 e. The van der Waals surface area contributed by atoms with Gasteiger partial charge in [0.1, 0.15) is 11.5 Å². The van der Waals surface area contributed by atoms with Gasteiger partial charge in [0.25, 0.3) is 0 Å². The van der Waals surface area contributed by atoms with E-state index in [9.17, 15) is 9.90 Å². The molecule has 0 fully saturated rings. The third kappa shape index (κ3) is 2.92. The number of ether oxygens (including phenoxy) is 2. The zero-order valence-electron chi connectivity index (χ0n) is 11.1. The standard InChI is InChI=1S/C13H19NO4/c1-9(16)14(2)12(8-15)11-6-5-10(17-3)7-13(11)18-4/h5-7,12,15H,8H2,1-4H3. The van der Waals surface area contributed by atoms with Crippen LogP contribution in [0, 0.1) is 0 Å². The molecule has 0 heterocycles. The number of nitrogens with zero attached hydrogens (tertiary/aromatic N) is 1. The Morgan fingerprint density at radius 3 is 2.50 bits per heavy atom. The minimum Gasteiger partial charge on any atom is -0.497 e. The van der Waals surface area contributed by atoms with Crippen LogP contribution in [0.15, 0.2) is 18.2 Å². The molecular formula is C13H19NO4. The Kier molecular flexibility index (Phi) is 4.97. The van der Waals surface area contributed by atoms with E-state index in [-0.39, 0.29) is 12.5 Å². The van der Waals surface area contributed by atoms with Crippen LogP contribution >= 0.6 is 0 Å². The molecule has 1 unspecified atom stereocenters. The maximum atomic E-state index is 11.4. The molecule has 18 heavy (non-hydrogen) atoms. The molecule has 1 rings (SSSR count). The van der Waals surface area contributed by atoms with Crippen molar-refractivity contribution in [2.45, 2.75) is 13.0 Å². The number of carbonyl (C=O) groups is 1. The lowest BCUT2D eigenvalue weighted by Gasteiger charge is -2.27. The highest BCUT2D eigenvalue weighted by Crippen LogP contribution is 2.31. The van der Waals surface area contributed by atoms with Crippen molar-refractivity contribution in [1.82, 2.24) is 4.90 Å². The van der Waals surface area contributed by atoms with Gasteiger partial charge in [0.2, 0.25) is 5.91 Å². The summed E-state index contributed by atoms with van der Waals surface area (Å²) in [5.41, 5.74) is 0.749. The van der Waals surface area contributed by atoms with Crippen LogP contribution in [-0.2, 0) is 4.79 Å². The van der Waals surface area contributed by atoms with Gasteiger partial charge in [-0.3, -0.25) is 4.79 Å². The van der Waals surface area contributed by atoms with Crippen LogP contribution in [0.25, 0.3) is 0 Å². The van der Waals surface area contributed by atoms with Gasteiger partial charge in [0, 0.05) is 25.6 Å². The molecule has 0 spiro atoms. The number of benzene rings is 1. The lowest BCUT2D eigenvalue weighted by atomic mass is 10.0. The minimum atomic E-state index is -0.427. The lowest BCUT2D eigenvalue weighted by Crippen LogP contribution is -2.31. The van der Waals surface area contributed by atoms with Crippen molar-refractivity contribution in [2.75, 3.05) is 27.9 Å². The van der Waals surface area contributed by atoms with Crippen molar-refractivity contribution in [3.63, 3.8) is 0 Å². The number of hydrogen-bond acceptors (Lipinski definition) is 4. The lowest BCUT2D eigenvalue weighted by molar-refractivity contribution is -0.130. The second-order valence-corrected chi connectivity index (χ2v) is 3.94. The molecule has 1 aromatic rings. The number of carbonyl (C=O) groups excluding carboxylic acids is 1. The molecule has 1 atom stereocenters. The summed E-state index contributed by atoms with van der Waals surface area (Å²) in [5, 5.41) is 9.46. The minimum absolute atomic E-state index is 0.119. The van der Waals surface area contributed by atoms with E-state index in [1.807, 2.05) is 0 Å². The molecule has 0 bridgehead atoms. The SMILES string of the molecule is COc1ccc(C(CO)N(C)C(C)=O)c(OC)c1. The maximum absolute atomic E-state index is 11.4. The van der Waals surface area contributed by atoms with Gasteiger partial charge >= 0.3 is 0 Å². The Bertz CT molecular complexity index is 419. The quantitative estimate of drug-likeness (QED) is 0.857. The normalized spacial score (nSPS) is 11.8. The number of methoxy groups -OCH3 is 2. The molecule has 100 valence electrons. The van der Waals surface area contributed by atoms with E-state index < -0.39 is 6.04 Å². The summed E-state index contributed by atoms with van der Waals surface area (Å²) in [5.74, 6) is 1.13. The van der Waals surface area contributed by atoms with E-state index in [1.54, 1.807) is 39.5 Å². The highest BCUT2D eigenvalue weighted by Gasteiger charge is 2.22. The fourth-order valence-corrected chi connectivity index (χ4v) is 1.74. The maximum Gasteiger partial charge on any atom is 0.219 e. The highest BCUT2D eigenvalue weighted by atomic mass is 16.5. The summed E-state index contributed by atoms with van der Waals surface area (Å²) in [6.07, 6.45) is 0. The number of aliphatic hydroxyl groups excluding tert-OH is 1. The van der Waals surface area contributed by atoms with Gasteiger partial charge in [-0.2, -0.15) is 0 Å². The molecule has 0 saturated heterocycles. The molecule has 5 heteroatoms. The fourth-order valence-electron chi connectivity index (χ4n) is 1.74. The van der Waals surface area contributed by atoms with E-state index >= 15 is 0 Å². The first-order valence-electron chi connectivity index (χ1n) is 5.61. The molecule has 1 aromatic carbocycles. The topological polar surface area (TPSA) is 59.0 Å². The van der Waals surface area contributed by atoms with Crippen molar-refractivity contribution in [1.29, 1.82) is 0 Å². The zero-order valence-corrected chi connectivity index (χ0v) is 11.1. The number of likely N-dealkylation sites (N-methyl/N-ethyl adjacent to an activating group) is 1. The second kappa shape index (κ2) is 6.26. The Labute approximate surface area is 107 Å². The third-order valence-electron chi connectivity index (χ3n) is 2.94. The molecule has 0 aliphatic heterocycles. The molecule has 0 aromatic heterocycles. The Morgan fingerprint density at radius 1 is 1.39 bits per heavy atom. The third-order valence-corrected chi connectivity index (χ3v) is 2.94. The van der Waals surface area contributed by atoms with Crippen molar-refractivity contribution in [2.24, 2.45) is 0 Å². The Hall–Kier alpha value is -1.75. The van der Waals surface area contributed by atoms with Crippen LogP contribution < -0.4 is 9.47 Å². The van der Waals surface area contributed by atoms with Crippen molar-refractivity contribution < 1.29 is 19.4 Å². The molecule has 0 aliphatic carbocycles. The van der Waals surface area contributed by atoms with Crippen molar-refractivity contribution >= 4 is 5.91 Å². The first kappa shape index (κ1) is 14.3. The molecule has 1 amide bonds.